The molecule has 0 aromatic heterocycles. The van der Waals surface area contributed by atoms with Crippen LogP contribution in [0.5, 0.6) is 0 Å². The monoisotopic (exact) mass is 439 g/mol. The van der Waals surface area contributed by atoms with Crippen molar-refractivity contribution in [3.05, 3.63) is 0 Å². The van der Waals surface area contributed by atoms with Crippen molar-refractivity contribution in [2.75, 3.05) is 13.3 Å². The third-order valence-electron chi connectivity index (χ3n) is 1.36. The third-order valence-corrected chi connectivity index (χ3v) is 5.08. The van der Waals surface area contributed by atoms with Crippen LogP contribution in [0.3, 0.4) is 0 Å². The van der Waals surface area contributed by atoms with Gasteiger partial charge in [0, 0.05) is 15.4 Å². The van der Waals surface area contributed by atoms with Gasteiger partial charge >= 0.3 is 0 Å². The Morgan fingerprint density at radius 3 is 2.64 bits per heavy atom. The summed E-state index contributed by atoms with van der Waals surface area (Å²) in [6.45, 7) is 5.84. The highest BCUT2D eigenvalue weighted by Crippen LogP contribution is 1.98. The number of halogens is 2. The minimum atomic E-state index is -0.483. The Balaban J connectivity index is 3.38. The van der Waals surface area contributed by atoms with Crippen LogP contribution in [-0.2, 0) is 4.74 Å². The van der Waals surface area contributed by atoms with Gasteiger partial charge in [0.1, 0.15) is 10.4 Å². The maximum absolute atomic E-state index is 7.25. The Labute approximate surface area is 114 Å². The second kappa shape index (κ2) is 9.04. The maximum atomic E-state index is 7.25. The minimum absolute atomic E-state index is 0.428. The van der Waals surface area contributed by atoms with Gasteiger partial charge in [-0.05, 0) is 51.2 Å². The summed E-state index contributed by atoms with van der Waals surface area (Å²) in [5.74, 6) is 0. The quantitative estimate of drug-likeness (QED) is 0.160. The zero-order valence-corrected chi connectivity index (χ0v) is 13.8. The molecule has 0 aliphatic carbocycles. The molecule has 82 valence electrons. The molecule has 0 saturated carbocycles. The lowest BCUT2D eigenvalue weighted by Gasteiger charge is -2.05. The molecule has 0 aromatic carbocycles. The largest absolute Gasteiger partial charge is 0.360 e. The van der Waals surface area contributed by atoms with Crippen molar-refractivity contribution in [3.8, 4) is 0 Å². The summed E-state index contributed by atoms with van der Waals surface area (Å²) in [5.41, 5.74) is 2.77. The standard InChI is InChI=1S/C7H15I2N3OSi/c1-14(2)4-3-13-5-11-12-7(9)6(8)10/h10-11,14H,3-5H2,1-2H3/b10-6?,12-7+. The lowest BCUT2D eigenvalue weighted by molar-refractivity contribution is 0.130. The predicted octanol–water partition coefficient (Wildman–Crippen LogP) is 2.20. The molecule has 0 spiro atoms. The highest BCUT2D eigenvalue weighted by atomic mass is 127. The number of nitrogens with zero attached hydrogens (tertiary/aromatic N) is 1. The molecule has 0 aliphatic heterocycles. The van der Waals surface area contributed by atoms with Gasteiger partial charge in [0.05, 0.1) is 0 Å². The van der Waals surface area contributed by atoms with E-state index in [1.54, 1.807) is 0 Å². The summed E-state index contributed by atoms with van der Waals surface area (Å²) in [4.78, 5) is 0. The maximum Gasteiger partial charge on any atom is 0.152 e. The molecule has 0 unspecified atom stereocenters. The van der Waals surface area contributed by atoms with E-state index in [2.05, 4.69) is 23.6 Å². The lowest BCUT2D eigenvalue weighted by Crippen LogP contribution is -2.16. The molecule has 0 aromatic rings. The highest BCUT2D eigenvalue weighted by molar-refractivity contribution is 14.1. The molecule has 7 heteroatoms. The molecule has 0 atom stereocenters. The van der Waals surface area contributed by atoms with Crippen LogP contribution in [0.15, 0.2) is 5.10 Å². The Hall–Kier alpha value is 0.777. The molecule has 0 aliphatic rings. The van der Waals surface area contributed by atoms with Crippen LogP contribution in [0, 0.1) is 5.41 Å². The predicted molar refractivity (Wildman–Crippen MR) is 80.8 cm³/mol. The zero-order valence-electron chi connectivity index (χ0n) is 8.31. The van der Waals surface area contributed by atoms with Crippen LogP contribution in [0.25, 0.3) is 0 Å². The SMILES string of the molecule is C[SiH](C)CCOCN/N=C(/I)C(=N)I. The van der Waals surface area contributed by atoms with E-state index < -0.39 is 8.80 Å². The van der Waals surface area contributed by atoms with Crippen molar-refractivity contribution in [2.24, 2.45) is 5.10 Å². The third kappa shape index (κ3) is 9.34. The fourth-order valence-electron chi connectivity index (χ4n) is 0.588. The summed E-state index contributed by atoms with van der Waals surface area (Å²) in [7, 11) is -0.483. The molecule has 0 bridgehead atoms. The van der Waals surface area contributed by atoms with E-state index in [1.165, 1.54) is 6.04 Å². The van der Waals surface area contributed by atoms with E-state index in [4.69, 9.17) is 10.1 Å². The summed E-state index contributed by atoms with van der Waals surface area (Å²) in [6, 6.07) is 1.20. The van der Waals surface area contributed by atoms with Gasteiger partial charge in [0.25, 0.3) is 0 Å². The van der Waals surface area contributed by atoms with E-state index in [0.29, 0.717) is 14.2 Å². The van der Waals surface area contributed by atoms with Crippen LogP contribution < -0.4 is 5.43 Å². The van der Waals surface area contributed by atoms with Gasteiger partial charge in [-0.25, -0.2) is 0 Å². The fourth-order valence-corrected chi connectivity index (χ4v) is 1.52. The number of rotatable bonds is 7. The first kappa shape index (κ1) is 14.8. The van der Waals surface area contributed by atoms with E-state index in [1.807, 2.05) is 45.2 Å². The molecule has 0 saturated heterocycles. The number of hydrogen-bond acceptors (Lipinski definition) is 4. The Morgan fingerprint density at radius 1 is 1.50 bits per heavy atom. The van der Waals surface area contributed by atoms with Crippen molar-refractivity contribution in [1.82, 2.24) is 5.43 Å². The van der Waals surface area contributed by atoms with Crippen LogP contribution in [0.4, 0.5) is 0 Å². The number of ether oxygens (including phenoxy) is 1. The van der Waals surface area contributed by atoms with E-state index in [9.17, 15) is 0 Å². The van der Waals surface area contributed by atoms with Crippen molar-refractivity contribution < 1.29 is 4.74 Å². The molecule has 0 heterocycles. The summed E-state index contributed by atoms with van der Waals surface area (Å²) in [5, 5.41) is 11.2. The number of hydrazone groups is 1. The van der Waals surface area contributed by atoms with E-state index in [-0.39, 0.29) is 0 Å². The fraction of sp³-hybridized carbons (Fsp3) is 0.714. The first-order valence-corrected chi connectivity index (χ1v) is 9.60. The van der Waals surface area contributed by atoms with Crippen molar-refractivity contribution >= 4 is 61.4 Å². The van der Waals surface area contributed by atoms with Gasteiger partial charge in [-0.1, -0.05) is 13.1 Å². The molecule has 0 fully saturated rings. The molecular weight excluding hydrogens is 424 g/mol. The summed E-state index contributed by atoms with van der Waals surface area (Å²) in [6.07, 6.45) is 0. The first-order chi connectivity index (χ1) is 6.54. The number of hydrogen-bond donors (Lipinski definition) is 2. The summed E-state index contributed by atoms with van der Waals surface area (Å²) < 4.78 is 6.41. The van der Waals surface area contributed by atoms with Gasteiger partial charge in [-0.3, -0.25) is 10.8 Å². The van der Waals surface area contributed by atoms with Gasteiger partial charge < -0.3 is 4.74 Å². The average Bonchev–Trinajstić information content (AvgIpc) is 2.09. The molecule has 0 radical (unpaired) electrons. The Bertz CT molecular complexity index is 211. The second-order valence-electron chi connectivity index (χ2n) is 3.11. The Kier molecular flexibility index (Phi) is 9.54. The molecule has 14 heavy (non-hydrogen) atoms. The Morgan fingerprint density at radius 2 is 2.14 bits per heavy atom. The minimum Gasteiger partial charge on any atom is -0.360 e. The van der Waals surface area contributed by atoms with Gasteiger partial charge in [-0.15, -0.1) is 0 Å². The summed E-state index contributed by atoms with van der Waals surface area (Å²) >= 11 is 3.93. The smallest absolute Gasteiger partial charge is 0.152 e. The highest BCUT2D eigenvalue weighted by Gasteiger charge is 1.97. The molecule has 0 rings (SSSR count). The molecule has 0 amide bonds. The van der Waals surface area contributed by atoms with Crippen LogP contribution >= 0.6 is 45.2 Å². The molecule has 2 N–H and O–H groups in total. The second-order valence-corrected chi connectivity index (χ2v) is 8.58. The number of nitrogens with one attached hydrogen (secondary N) is 2. The van der Waals surface area contributed by atoms with E-state index >= 15 is 0 Å². The van der Waals surface area contributed by atoms with Crippen molar-refractivity contribution in [2.45, 2.75) is 19.1 Å². The topological polar surface area (TPSA) is 57.5 Å². The van der Waals surface area contributed by atoms with Gasteiger partial charge in [0.2, 0.25) is 0 Å². The van der Waals surface area contributed by atoms with Crippen molar-refractivity contribution in [3.63, 3.8) is 0 Å². The lowest BCUT2D eigenvalue weighted by atomic mass is 10.8. The van der Waals surface area contributed by atoms with Gasteiger partial charge in [-0.2, -0.15) is 5.10 Å². The van der Waals surface area contributed by atoms with Crippen LogP contribution in [-0.4, -0.2) is 29.6 Å². The normalized spacial score (nSPS) is 11.9. The molecular formula is C7H15I2N3OSi. The van der Waals surface area contributed by atoms with E-state index in [0.717, 1.165) is 6.61 Å². The average molecular weight is 439 g/mol. The molecule has 4 nitrogen and oxygen atoms in total. The van der Waals surface area contributed by atoms with Crippen LogP contribution in [0.1, 0.15) is 0 Å². The van der Waals surface area contributed by atoms with Crippen LogP contribution in [0.2, 0.25) is 19.1 Å². The van der Waals surface area contributed by atoms with Crippen molar-refractivity contribution in [1.29, 1.82) is 5.41 Å². The van der Waals surface area contributed by atoms with Gasteiger partial charge in [0.15, 0.2) is 3.72 Å². The zero-order chi connectivity index (χ0) is 11.0. The first-order valence-electron chi connectivity index (χ1n) is 4.32.